The zero-order valence-electron chi connectivity index (χ0n) is 13.5. The topological polar surface area (TPSA) is 93.1 Å². The molecule has 3 aliphatic heterocycles. The highest BCUT2D eigenvalue weighted by atomic mass is 16.5. The number of nitrogens with zero attached hydrogens (tertiary/aromatic N) is 1. The van der Waals surface area contributed by atoms with Gasteiger partial charge in [0, 0.05) is 0 Å². The maximum absolute atomic E-state index is 12.9. The number of fused-ring (bicyclic) bond motifs is 5. The minimum Gasteiger partial charge on any atom is -0.462 e. The van der Waals surface area contributed by atoms with Gasteiger partial charge in [0.15, 0.2) is 0 Å². The number of aliphatic hydroxyl groups excluding tert-OH is 1. The number of hydrogen-bond donors (Lipinski definition) is 1. The fourth-order valence-electron chi connectivity index (χ4n) is 3.90. The van der Waals surface area contributed by atoms with E-state index in [4.69, 9.17) is 9.47 Å². The van der Waals surface area contributed by atoms with E-state index in [9.17, 15) is 19.5 Å². The maximum Gasteiger partial charge on any atom is 0.338 e. The largest absolute Gasteiger partial charge is 0.462 e. The molecule has 4 rings (SSSR count). The predicted molar refractivity (Wildman–Crippen MR) is 85.7 cm³/mol. The first-order chi connectivity index (χ1) is 12.0. The fourth-order valence-corrected chi connectivity index (χ4v) is 3.90. The third-order valence-electron chi connectivity index (χ3n) is 5.04. The first kappa shape index (κ1) is 16.0. The summed E-state index contributed by atoms with van der Waals surface area (Å²) >= 11 is 0. The Morgan fingerprint density at radius 3 is 2.64 bits per heavy atom. The van der Waals surface area contributed by atoms with E-state index in [1.54, 1.807) is 31.2 Å². The maximum atomic E-state index is 12.9. The first-order valence-electron chi connectivity index (χ1n) is 8.15. The first-order valence-corrected chi connectivity index (χ1v) is 8.15. The van der Waals surface area contributed by atoms with Gasteiger partial charge in [0.05, 0.1) is 42.4 Å². The van der Waals surface area contributed by atoms with Gasteiger partial charge in [0.25, 0.3) is 0 Å². The lowest BCUT2D eigenvalue weighted by Crippen LogP contribution is -2.43. The number of hydrogen-bond acceptors (Lipinski definition) is 6. The van der Waals surface area contributed by atoms with E-state index < -0.39 is 29.5 Å². The number of carbonyl (C=O) groups excluding carboxylic acids is 3. The van der Waals surface area contributed by atoms with Crippen molar-refractivity contribution in [3.8, 4) is 0 Å². The van der Waals surface area contributed by atoms with Crippen LogP contribution in [0.5, 0.6) is 0 Å². The van der Waals surface area contributed by atoms with E-state index in [0.717, 1.165) is 4.90 Å². The molecule has 0 unspecified atom stereocenters. The minimum absolute atomic E-state index is 0.269. The highest BCUT2D eigenvalue weighted by Gasteiger charge is 2.67. The van der Waals surface area contributed by atoms with E-state index in [2.05, 4.69) is 0 Å². The standard InChI is InChI=1S/C18H17NO6/c1-2-24-17(23)10-3-5-11(6-4-10)19-15(21)13-12-7-8-18(9-20,25-12)14(13)16(19)22/h3-8,12-14,20H,2,9H2,1H3/t12-,13-,14+,18+/m1/s1. The number of aliphatic hydroxyl groups is 1. The number of carbonyl (C=O) groups is 3. The number of amides is 2. The molecule has 2 amide bonds. The fraction of sp³-hybridized carbons (Fsp3) is 0.389. The van der Waals surface area contributed by atoms with Crippen molar-refractivity contribution in [3.63, 3.8) is 0 Å². The summed E-state index contributed by atoms with van der Waals surface area (Å²) in [5.74, 6) is -2.53. The van der Waals surface area contributed by atoms with Gasteiger partial charge in [-0.05, 0) is 31.2 Å². The highest BCUT2D eigenvalue weighted by Crippen LogP contribution is 2.52. The second kappa shape index (κ2) is 5.50. The SMILES string of the molecule is CCOC(=O)c1ccc(N2C(=O)[C@H]3[C@@H](C2=O)[C@@]2(CO)C=C[C@H]3O2)cc1. The van der Waals surface area contributed by atoms with Crippen molar-refractivity contribution in [2.24, 2.45) is 11.8 Å². The number of imide groups is 1. The summed E-state index contributed by atoms with van der Waals surface area (Å²) in [5, 5.41) is 9.69. The van der Waals surface area contributed by atoms with Gasteiger partial charge in [-0.3, -0.25) is 9.59 Å². The van der Waals surface area contributed by atoms with Crippen LogP contribution in [0.3, 0.4) is 0 Å². The van der Waals surface area contributed by atoms with Crippen LogP contribution in [-0.2, 0) is 19.1 Å². The summed E-state index contributed by atoms with van der Waals surface area (Å²) < 4.78 is 10.6. The monoisotopic (exact) mass is 343 g/mol. The van der Waals surface area contributed by atoms with Gasteiger partial charge in [0.2, 0.25) is 11.8 Å². The van der Waals surface area contributed by atoms with E-state index >= 15 is 0 Å². The molecular weight excluding hydrogens is 326 g/mol. The number of ether oxygens (including phenoxy) is 2. The quantitative estimate of drug-likeness (QED) is 0.491. The summed E-state index contributed by atoms with van der Waals surface area (Å²) in [7, 11) is 0. The van der Waals surface area contributed by atoms with Gasteiger partial charge in [-0.25, -0.2) is 9.69 Å². The zero-order chi connectivity index (χ0) is 17.8. The van der Waals surface area contributed by atoms with E-state index in [1.807, 2.05) is 0 Å². The van der Waals surface area contributed by atoms with Crippen LogP contribution in [0.15, 0.2) is 36.4 Å². The molecule has 7 nitrogen and oxygen atoms in total. The van der Waals surface area contributed by atoms with E-state index in [-0.39, 0.29) is 25.0 Å². The van der Waals surface area contributed by atoms with Crippen molar-refractivity contribution in [3.05, 3.63) is 42.0 Å². The Bertz CT molecular complexity index is 785. The Kier molecular flexibility index (Phi) is 3.52. The number of benzene rings is 1. The molecule has 130 valence electrons. The Hall–Kier alpha value is -2.51. The van der Waals surface area contributed by atoms with Gasteiger partial charge < -0.3 is 14.6 Å². The lowest BCUT2D eigenvalue weighted by Gasteiger charge is -2.26. The molecule has 2 fully saturated rings. The molecule has 0 aliphatic carbocycles. The molecule has 0 aromatic heterocycles. The van der Waals surface area contributed by atoms with Crippen molar-refractivity contribution >= 4 is 23.5 Å². The lowest BCUT2D eigenvalue weighted by atomic mass is 9.77. The van der Waals surface area contributed by atoms with Crippen LogP contribution in [0.1, 0.15) is 17.3 Å². The molecule has 0 saturated carbocycles. The summed E-state index contributed by atoms with van der Waals surface area (Å²) in [6, 6.07) is 6.14. The molecule has 2 saturated heterocycles. The van der Waals surface area contributed by atoms with Crippen LogP contribution in [0.25, 0.3) is 0 Å². The molecule has 4 atom stereocenters. The van der Waals surface area contributed by atoms with Crippen LogP contribution < -0.4 is 4.90 Å². The normalized spacial score (nSPS) is 32.4. The van der Waals surface area contributed by atoms with Crippen molar-refractivity contribution in [1.29, 1.82) is 0 Å². The second-order valence-electron chi connectivity index (χ2n) is 6.34. The lowest BCUT2D eigenvalue weighted by molar-refractivity contribution is -0.128. The Morgan fingerprint density at radius 1 is 1.28 bits per heavy atom. The van der Waals surface area contributed by atoms with Crippen LogP contribution in [0.2, 0.25) is 0 Å². The van der Waals surface area contributed by atoms with Crippen molar-refractivity contribution in [2.45, 2.75) is 18.6 Å². The van der Waals surface area contributed by atoms with Crippen molar-refractivity contribution in [2.75, 3.05) is 18.1 Å². The summed E-state index contributed by atoms with van der Waals surface area (Å²) in [4.78, 5) is 38.5. The number of esters is 1. The second-order valence-corrected chi connectivity index (χ2v) is 6.34. The Balaban J connectivity index is 1.64. The van der Waals surface area contributed by atoms with Gasteiger partial charge in [0.1, 0.15) is 5.60 Å². The van der Waals surface area contributed by atoms with Crippen molar-refractivity contribution < 1.29 is 29.0 Å². The van der Waals surface area contributed by atoms with E-state index in [1.165, 1.54) is 12.1 Å². The molecule has 1 aromatic rings. The molecule has 25 heavy (non-hydrogen) atoms. The molecule has 0 radical (unpaired) electrons. The van der Waals surface area contributed by atoms with Gasteiger partial charge in [-0.15, -0.1) is 0 Å². The molecule has 3 aliphatic rings. The van der Waals surface area contributed by atoms with Crippen LogP contribution in [0, 0.1) is 11.8 Å². The Labute approximate surface area is 143 Å². The third kappa shape index (κ3) is 2.09. The summed E-state index contributed by atoms with van der Waals surface area (Å²) in [5.41, 5.74) is -0.367. The molecule has 3 heterocycles. The molecular formula is C18H17NO6. The minimum atomic E-state index is -1.11. The van der Waals surface area contributed by atoms with E-state index in [0.29, 0.717) is 11.3 Å². The average Bonchev–Trinajstić information content (AvgIpc) is 3.26. The predicted octanol–water partition coefficient (Wildman–Crippen LogP) is 0.669. The van der Waals surface area contributed by atoms with Crippen LogP contribution in [-0.4, -0.2) is 47.8 Å². The summed E-state index contributed by atoms with van der Waals surface area (Å²) in [6.45, 7) is 1.63. The molecule has 1 aromatic carbocycles. The molecule has 1 N–H and O–H groups in total. The molecule has 7 heteroatoms. The highest BCUT2D eigenvalue weighted by molar-refractivity contribution is 6.23. The number of rotatable bonds is 4. The van der Waals surface area contributed by atoms with Crippen LogP contribution >= 0.6 is 0 Å². The van der Waals surface area contributed by atoms with Gasteiger partial charge >= 0.3 is 5.97 Å². The third-order valence-corrected chi connectivity index (χ3v) is 5.04. The van der Waals surface area contributed by atoms with Gasteiger partial charge in [-0.2, -0.15) is 0 Å². The average molecular weight is 343 g/mol. The van der Waals surface area contributed by atoms with Crippen LogP contribution in [0.4, 0.5) is 5.69 Å². The Morgan fingerprint density at radius 2 is 2.00 bits per heavy atom. The number of anilines is 1. The van der Waals surface area contributed by atoms with Crippen molar-refractivity contribution in [1.82, 2.24) is 0 Å². The van der Waals surface area contributed by atoms with Gasteiger partial charge in [-0.1, -0.05) is 12.2 Å². The zero-order valence-corrected chi connectivity index (χ0v) is 13.5. The smallest absolute Gasteiger partial charge is 0.338 e. The molecule has 2 bridgehead atoms. The molecule has 0 spiro atoms. The summed E-state index contributed by atoms with van der Waals surface area (Å²) in [6.07, 6.45) is 2.92.